The number of sulfonamides is 1. The van der Waals surface area contributed by atoms with E-state index < -0.39 is 10.0 Å². The van der Waals surface area contributed by atoms with Crippen LogP contribution >= 0.6 is 0 Å². The molecule has 0 atom stereocenters. The van der Waals surface area contributed by atoms with Gasteiger partial charge in [-0.25, -0.2) is 18.1 Å². The molecular formula is C14H24N4O2S. The maximum atomic E-state index is 12.1. The quantitative estimate of drug-likeness (QED) is 0.793. The van der Waals surface area contributed by atoms with Crippen molar-refractivity contribution in [3.05, 3.63) is 18.3 Å². The molecule has 7 heteroatoms. The standard InChI is InChI=1S/C14H24N4O2S/c1-15-14-8-7-13(11-16-14)21(19,20)17-9-10-18(2)12-5-3-4-6-12/h7-8,11-12,17H,3-6,9-10H2,1-2H3,(H,15,16). The second-order valence-electron chi connectivity index (χ2n) is 5.45. The first-order valence-corrected chi connectivity index (χ1v) is 8.85. The molecule has 2 N–H and O–H groups in total. The molecule has 0 aromatic carbocycles. The molecule has 0 unspecified atom stereocenters. The zero-order valence-corrected chi connectivity index (χ0v) is 13.5. The first-order chi connectivity index (χ1) is 10.0. The summed E-state index contributed by atoms with van der Waals surface area (Å²) in [5.74, 6) is 0.648. The Morgan fingerprint density at radius 2 is 2.05 bits per heavy atom. The highest BCUT2D eigenvalue weighted by Gasteiger charge is 2.20. The fraction of sp³-hybridized carbons (Fsp3) is 0.643. The highest BCUT2D eigenvalue weighted by Crippen LogP contribution is 2.21. The van der Waals surface area contributed by atoms with Crippen LogP contribution in [0.3, 0.4) is 0 Å². The SMILES string of the molecule is CNc1ccc(S(=O)(=O)NCCN(C)C2CCCC2)cn1. The van der Waals surface area contributed by atoms with Crippen LogP contribution in [0.15, 0.2) is 23.2 Å². The molecule has 1 saturated carbocycles. The molecule has 0 spiro atoms. The van der Waals surface area contributed by atoms with E-state index in [4.69, 9.17) is 0 Å². The molecule has 0 bridgehead atoms. The van der Waals surface area contributed by atoms with Crippen LogP contribution < -0.4 is 10.0 Å². The van der Waals surface area contributed by atoms with E-state index >= 15 is 0 Å². The second kappa shape index (κ2) is 7.20. The van der Waals surface area contributed by atoms with Gasteiger partial charge in [0.15, 0.2) is 0 Å². The fourth-order valence-corrected chi connectivity index (χ4v) is 3.62. The number of likely N-dealkylation sites (N-methyl/N-ethyl adjacent to an activating group) is 1. The zero-order valence-electron chi connectivity index (χ0n) is 12.7. The van der Waals surface area contributed by atoms with Crippen molar-refractivity contribution in [3.8, 4) is 0 Å². The van der Waals surface area contributed by atoms with Gasteiger partial charge >= 0.3 is 0 Å². The molecule has 0 radical (unpaired) electrons. The topological polar surface area (TPSA) is 74.3 Å². The molecular weight excluding hydrogens is 288 g/mol. The van der Waals surface area contributed by atoms with Crippen LogP contribution in [0.2, 0.25) is 0 Å². The third kappa shape index (κ3) is 4.39. The van der Waals surface area contributed by atoms with E-state index in [0.717, 1.165) is 6.54 Å². The van der Waals surface area contributed by atoms with E-state index in [2.05, 4.69) is 27.0 Å². The third-order valence-corrected chi connectivity index (χ3v) is 5.45. The Hall–Kier alpha value is -1.18. The van der Waals surface area contributed by atoms with Crippen molar-refractivity contribution < 1.29 is 8.42 Å². The summed E-state index contributed by atoms with van der Waals surface area (Å²) in [5, 5.41) is 2.86. The number of pyridine rings is 1. The smallest absolute Gasteiger partial charge is 0.242 e. The lowest BCUT2D eigenvalue weighted by Crippen LogP contribution is -2.37. The van der Waals surface area contributed by atoms with Crippen LogP contribution in [0.4, 0.5) is 5.82 Å². The van der Waals surface area contributed by atoms with E-state index in [1.54, 1.807) is 19.2 Å². The van der Waals surface area contributed by atoms with Crippen molar-refractivity contribution in [2.45, 2.75) is 36.6 Å². The van der Waals surface area contributed by atoms with Crippen LogP contribution in [-0.2, 0) is 10.0 Å². The molecule has 0 aliphatic heterocycles. The lowest BCUT2D eigenvalue weighted by atomic mass is 10.2. The first-order valence-electron chi connectivity index (χ1n) is 7.36. The van der Waals surface area contributed by atoms with Crippen LogP contribution in [0.5, 0.6) is 0 Å². The zero-order chi connectivity index (χ0) is 15.3. The average Bonchev–Trinajstić information content (AvgIpc) is 3.01. The number of rotatable bonds is 7. The molecule has 1 heterocycles. The summed E-state index contributed by atoms with van der Waals surface area (Å²) in [6.45, 7) is 1.15. The molecule has 21 heavy (non-hydrogen) atoms. The maximum Gasteiger partial charge on any atom is 0.242 e. The van der Waals surface area contributed by atoms with Crippen LogP contribution in [0.1, 0.15) is 25.7 Å². The molecule has 0 amide bonds. The van der Waals surface area contributed by atoms with E-state index in [9.17, 15) is 8.42 Å². The van der Waals surface area contributed by atoms with Gasteiger partial charge in [0.1, 0.15) is 10.7 Å². The molecule has 6 nitrogen and oxygen atoms in total. The monoisotopic (exact) mass is 312 g/mol. The van der Waals surface area contributed by atoms with E-state index in [1.165, 1.54) is 31.9 Å². The predicted molar refractivity (Wildman–Crippen MR) is 83.9 cm³/mol. The minimum absolute atomic E-state index is 0.199. The largest absolute Gasteiger partial charge is 0.373 e. The lowest BCUT2D eigenvalue weighted by Gasteiger charge is -2.23. The normalized spacial score (nSPS) is 16.5. The molecule has 1 aromatic rings. The van der Waals surface area contributed by atoms with Gasteiger partial charge in [-0.05, 0) is 32.0 Å². The summed E-state index contributed by atoms with van der Waals surface area (Å²) < 4.78 is 26.9. The Bertz CT molecular complexity index is 539. The van der Waals surface area contributed by atoms with E-state index in [0.29, 0.717) is 18.4 Å². The highest BCUT2D eigenvalue weighted by molar-refractivity contribution is 7.89. The van der Waals surface area contributed by atoms with Gasteiger partial charge in [-0.3, -0.25) is 0 Å². The molecule has 1 aliphatic rings. The minimum Gasteiger partial charge on any atom is -0.373 e. The second-order valence-corrected chi connectivity index (χ2v) is 7.21. The summed E-state index contributed by atoms with van der Waals surface area (Å²) in [5.41, 5.74) is 0. The summed E-state index contributed by atoms with van der Waals surface area (Å²) in [7, 11) is 0.335. The van der Waals surface area contributed by atoms with E-state index in [-0.39, 0.29) is 4.90 Å². The van der Waals surface area contributed by atoms with Crippen molar-refractivity contribution in [2.24, 2.45) is 0 Å². The average molecular weight is 312 g/mol. The Kier molecular flexibility index (Phi) is 5.55. The van der Waals surface area contributed by atoms with Gasteiger partial charge in [0.2, 0.25) is 10.0 Å². The van der Waals surface area contributed by atoms with Crippen molar-refractivity contribution in [3.63, 3.8) is 0 Å². The van der Waals surface area contributed by atoms with Crippen LogP contribution in [0.25, 0.3) is 0 Å². The van der Waals surface area contributed by atoms with Gasteiger partial charge in [-0.1, -0.05) is 12.8 Å². The molecule has 0 saturated heterocycles. The molecule has 1 aliphatic carbocycles. The van der Waals surface area contributed by atoms with E-state index in [1.807, 2.05) is 0 Å². The summed E-state index contributed by atoms with van der Waals surface area (Å²) >= 11 is 0. The molecule has 1 aromatic heterocycles. The predicted octanol–water partition coefficient (Wildman–Crippen LogP) is 1.28. The van der Waals surface area contributed by atoms with Gasteiger partial charge in [0, 0.05) is 32.4 Å². The number of aromatic nitrogens is 1. The lowest BCUT2D eigenvalue weighted by molar-refractivity contribution is 0.250. The van der Waals surface area contributed by atoms with Crippen LogP contribution in [-0.4, -0.2) is 51.5 Å². The van der Waals surface area contributed by atoms with Gasteiger partial charge in [0.05, 0.1) is 0 Å². The number of anilines is 1. The van der Waals surface area contributed by atoms with Crippen molar-refractivity contribution >= 4 is 15.8 Å². The fourth-order valence-electron chi connectivity index (χ4n) is 2.65. The maximum absolute atomic E-state index is 12.1. The molecule has 118 valence electrons. The minimum atomic E-state index is -3.47. The summed E-state index contributed by atoms with van der Waals surface area (Å²) in [4.78, 5) is 6.48. The number of nitrogens with zero attached hydrogens (tertiary/aromatic N) is 2. The Labute approximate surface area is 127 Å². The summed E-state index contributed by atoms with van der Waals surface area (Å²) in [6, 6.07) is 3.81. The van der Waals surface area contributed by atoms with Crippen molar-refractivity contribution in [2.75, 3.05) is 32.5 Å². The molecule has 2 rings (SSSR count). The van der Waals surface area contributed by atoms with Crippen molar-refractivity contribution in [1.29, 1.82) is 0 Å². The number of hydrogen-bond acceptors (Lipinski definition) is 5. The molecule has 1 fully saturated rings. The van der Waals surface area contributed by atoms with Gasteiger partial charge in [-0.15, -0.1) is 0 Å². The van der Waals surface area contributed by atoms with Crippen LogP contribution in [0, 0.1) is 0 Å². The number of hydrogen-bond donors (Lipinski definition) is 2. The third-order valence-electron chi connectivity index (χ3n) is 4.01. The van der Waals surface area contributed by atoms with Gasteiger partial charge in [-0.2, -0.15) is 0 Å². The first kappa shape index (κ1) is 16.2. The number of nitrogens with one attached hydrogen (secondary N) is 2. The van der Waals surface area contributed by atoms with Gasteiger partial charge in [0.25, 0.3) is 0 Å². The highest BCUT2D eigenvalue weighted by atomic mass is 32.2. The Balaban J connectivity index is 1.85. The van der Waals surface area contributed by atoms with Crippen molar-refractivity contribution in [1.82, 2.24) is 14.6 Å². The van der Waals surface area contributed by atoms with Gasteiger partial charge < -0.3 is 10.2 Å². The Morgan fingerprint density at radius 1 is 1.33 bits per heavy atom. The Morgan fingerprint density at radius 3 is 2.62 bits per heavy atom. The summed E-state index contributed by atoms with van der Waals surface area (Å²) in [6.07, 6.45) is 6.38.